The van der Waals surface area contributed by atoms with Gasteiger partial charge in [0.05, 0.1) is 27.7 Å². The van der Waals surface area contributed by atoms with Crippen LogP contribution in [0.2, 0.25) is 0 Å². The van der Waals surface area contributed by atoms with Gasteiger partial charge in [-0.15, -0.1) is 21.9 Å². The monoisotopic (exact) mass is 874 g/mol. The number of aromatic nitrogens is 4. The van der Waals surface area contributed by atoms with E-state index in [1.165, 1.54) is 81.9 Å². The minimum absolute atomic E-state index is 0.574. The molecular weight excluding hydrogens is 830 g/mol. The Labute approximate surface area is 411 Å². The predicted molar refractivity (Wildman–Crippen MR) is 329 cm³/mol. The van der Waals surface area contributed by atoms with Gasteiger partial charge in [-0.25, -0.2) is 15.0 Å². The van der Waals surface area contributed by atoms with Gasteiger partial charge in [0.2, 0.25) is 0 Å². The number of rotatable bonds is 5. The van der Waals surface area contributed by atoms with Gasteiger partial charge in [-0.05, 0) is 53.6 Å². The van der Waals surface area contributed by atoms with E-state index in [1.807, 2.05) is 0 Å². The third kappa shape index (κ3) is 6.26. The Balaban J connectivity index is 1.10. The van der Waals surface area contributed by atoms with Crippen molar-refractivity contribution < 1.29 is 8.83 Å². The smallest absolute Gasteiger partial charge is 0.167 e. The van der Waals surface area contributed by atoms with Crippen molar-refractivity contribution in [3.63, 3.8) is 0 Å². The lowest BCUT2D eigenvalue weighted by Crippen LogP contribution is -2.55. The van der Waals surface area contributed by atoms with Gasteiger partial charge in [0.25, 0.3) is 0 Å². The zero-order valence-corrected chi connectivity index (χ0v) is 41.5. The number of hydrogen-bond donors (Lipinski definition) is 0. The molecular formula is C51H42B12N4O2. The molecule has 4 heterocycles. The summed E-state index contributed by atoms with van der Waals surface area (Å²) in [6.45, 7) is 0. The predicted octanol–water partition coefficient (Wildman–Crippen LogP) is -7.46. The number of furan rings is 2. The standard InChI is InChI=1S/C51H42B12N4O2/c52-35-31-32-36(53)41(58)45(62)46(63)48(32)69-47(31)34(39(56)40(35)57)51-65-49(64-50(66-51)33-37(54)42(59)44(61)43(60)38(33)55)21-13-15-23-29(18-21)68-28-12-6-11-27(30(23)28)67-25-10-5-4-9-22(25)24-17-20(14-16-26(24)67)19-7-2-1-3-8-19/h1-18H,52-63H2. The van der Waals surface area contributed by atoms with E-state index in [1.54, 1.807) is 0 Å². The van der Waals surface area contributed by atoms with Crippen molar-refractivity contribution in [1.82, 2.24) is 19.5 Å². The zero-order valence-electron chi connectivity index (χ0n) is 41.5. The van der Waals surface area contributed by atoms with Crippen LogP contribution < -0.4 is 65.6 Å². The number of fused-ring (bicyclic) bond motifs is 9. The van der Waals surface area contributed by atoms with E-state index in [0.29, 0.717) is 17.5 Å². The quantitative estimate of drug-likeness (QED) is 0.161. The lowest BCUT2D eigenvalue weighted by atomic mass is 9.60. The average molecular weight is 873 g/mol. The summed E-state index contributed by atoms with van der Waals surface area (Å²) in [4.78, 5) is 16.3. The van der Waals surface area contributed by atoms with Crippen molar-refractivity contribution in [2.24, 2.45) is 0 Å². The molecule has 0 saturated heterocycles. The molecule has 314 valence electrons. The molecule has 4 aromatic heterocycles. The second kappa shape index (κ2) is 15.7. The van der Waals surface area contributed by atoms with E-state index in [4.69, 9.17) is 23.8 Å². The molecule has 0 unspecified atom stereocenters. The summed E-state index contributed by atoms with van der Waals surface area (Å²) in [5.41, 5.74) is 26.4. The van der Waals surface area contributed by atoms with Gasteiger partial charge in [0.15, 0.2) is 17.5 Å². The third-order valence-corrected chi connectivity index (χ3v) is 16.2. The average Bonchev–Trinajstić information content (AvgIpc) is 4.06. The molecule has 69 heavy (non-hydrogen) atoms. The van der Waals surface area contributed by atoms with Crippen LogP contribution in [0.1, 0.15) is 0 Å². The van der Waals surface area contributed by atoms with Gasteiger partial charge in [-0.1, -0.05) is 110 Å². The fraction of sp³-hybridized carbons (Fsp3) is 0. The number of para-hydroxylation sites is 1. The highest BCUT2D eigenvalue weighted by molar-refractivity contribution is 6.70. The summed E-state index contributed by atoms with van der Waals surface area (Å²) in [6.07, 6.45) is 0. The fourth-order valence-corrected chi connectivity index (χ4v) is 11.3. The molecule has 12 rings (SSSR count). The third-order valence-electron chi connectivity index (χ3n) is 16.2. The van der Waals surface area contributed by atoms with Gasteiger partial charge >= 0.3 is 0 Å². The molecule has 0 fully saturated rings. The maximum absolute atomic E-state index is 7.09. The normalized spacial score (nSPS) is 11.9. The lowest BCUT2D eigenvalue weighted by molar-refractivity contribution is 0.669. The molecule has 0 atom stereocenters. The van der Waals surface area contributed by atoms with E-state index in [-0.39, 0.29) is 0 Å². The number of hydrogen-bond acceptors (Lipinski definition) is 5. The highest BCUT2D eigenvalue weighted by Crippen LogP contribution is 2.41. The Bertz CT molecular complexity index is 4210. The number of benzene rings is 8. The van der Waals surface area contributed by atoms with Crippen LogP contribution >= 0.6 is 0 Å². The zero-order chi connectivity index (χ0) is 47.9. The first kappa shape index (κ1) is 43.2. The molecule has 0 bridgehead atoms. The summed E-state index contributed by atoms with van der Waals surface area (Å²) in [5.74, 6) is 1.81. The van der Waals surface area contributed by atoms with E-state index >= 15 is 0 Å². The first-order chi connectivity index (χ1) is 33.2. The van der Waals surface area contributed by atoms with Crippen LogP contribution in [0.15, 0.2) is 118 Å². The Morgan fingerprint density at radius 3 is 1.64 bits per heavy atom. The second-order valence-electron chi connectivity index (χ2n) is 19.5. The molecule has 18 heteroatoms. The molecule has 0 N–H and O–H groups in total. The van der Waals surface area contributed by atoms with Gasteiger partial charge in [-0.3, -0.25) is 0 Å². The largest absolute Gasteiger partial charge is 0.456 e. The number of nitrogens with zero attached hydrogens (tertiary/aromatic N) is 4. The van der Waals surface area contributed by atoms with Gasteiger partial charge in [0.1, 0.15) is 116 Å². The highest BCUT2D eigenvalue weighted by atomic mass is 16.3. The van der Waals surface area contributed by atoms with Crippen molar-refractivity contribution in [2.75, 3.05) is 0 Å². The SMILES string of the molecule is Bc1c(B)c(B)c(-c2nc(-c3ccc4c(c3)oc3cccc(-n5c6ccccc6c6cc(-c7ccccc7)ccc65)c34)nc(-c3c(B)c(B)c(B)c4c3oc3c(B)c(B)c(B)c(B)c34)n2)c(B)c1B. The second-order valence-corrected chi connectivity index (χ2v) is 19.5. The van der Waals surface area contributed by atoms with E-state index in [0.717, 1.165) is 82.8 Å². The molecule has 12 aromatic rings. The molecule has 0 aliphatic rings. The Morgan fingerprint density at radius 2 is 0.899 bits per heavy atom. The highest BCUT2D eigenvalue weighted by Gasteiger charge is 2.27. The van der Waals surface area contributed by atoms with Crippen LogP contribution in [-0.2, 0) is 0 Å². The van der Waals surface area contributed by atoms with E-state index < -0.39 is 0 Å². The summed E-state index contributed by atoms with van der Waals surface area (Å²) >= 11 is 0. The van der Waals surface area contributed by atoms with Crippen LogP contribution in [0.4, 0.5) is 0 Å². The van der Waals surface area contributed by atoms with Crippen LogP contribution in [-0.4, -0.2) is 114 Å². The Hall–Kier alpha value is -7.05. The van der Waals surface area contributed by atoms with Crippen molar-refractivity contribution in [2.45, 2.75) is 0 Å². The first-order valence-electron chi connectivity index (χ1n) is 24.0. The van der Waals surface area contributed by atoms with Crippen molar-refractivity contribution in [1.29, 1.82) is 0 Å². The van der Waals surface area contributed by atoms with Crippen molar-refractivity contribution in [3.8, 4) is 51.0 Å². The topological polar surface area (TPSA) is 69.9 Å². The fourth-order valence-electron chi connectivity index (χ4n) is 11.3. The molecule has 0 amide bonds. The van der Waals surface area contributed by atoms with Crippen molar-refractivity contribution in [3.05, 3.63) is 109 Å². The van der Waals surface area contributed by atoms with Gasteiger partial charge < -0.3 is 13.4 Å². The first-order valence-corrected chi connectivity index (χ1v) is 24.0. The Kier molecular flexibility index (Phi) is 9.87. The molecule has 0 saturated carbocycles. The summed E-state index contributed by atoms with van der Waals surface area (Å²) < 4.78 is 16.3. The molecule has 0 aliphatic carbocycles. The maximum Gasteiger partial charge on any atom is 0.167 e. The minimum Gasteiger partial charge on any atom is -0.456 e. The molecule has 6 nitrogen and oxygen atoms in total. The van der Waals surface area contributed by atoms with Crippen LogP contribution in [0.25, 0.3) is 117 Å². The van der Waals surface area contributed by atoms with Crippen LogP contribution in [0.3, 0.4) is 0 Å². The molecule has 8 aromatic carbocycles. The lowest BCUT2D eigenvalue weighted by Gasteiger charge is -2.20. The van der Waals surface area contributed by atoms with Crippen molar-refractivity contribution >= 4 is 225 Å². The summed E-state index contributed by atoms with van der Waals surface area (Å²) in [6, 6.07) is 38.9. The maximum atomic E-state index is 7.09. The molecule has 0 aliphatic heterocycles. The van der Waals surface area contributed by atoms with Gasteiger partial charge in [-0.2, -0.15) is 0 Å². The van der Waals surface area contributed by atoms with Crippen LogP contribution in [0, 0.1) is 0 Å². The van der Waals surface area contributed by atoms with Gasteiger partial charge in [0, 0.05) is 38.1 Å². The van der Waals surface area contributed by atoms with E-state index in [9.17, 15) is 0 Å². The molecule has 0 radical (unpaired) electrons. The minimum atomic E-state index is 0.574. The summed E-state index contributed by atoms with van der Waals surface area (Å²) in [5, 5.41) is 6.79. The summed E-state index contributed by atoms with van der Waals surface area (Å²) in [7, 11) is 26.4. The Morgan fingerprint density at radius 1 is 0.333 bits per heavy atom. The molecule has 0 spiro atoms. The van der Waals surface area contributed by atoms with E-state index in [2.05, 4.69) is 208 Å². The van der Waals surface area contributed by atoms with Crippen LogP contribution in [0.5, 0.6) is 0 Å².